The number of carbonyl (C=O) groups excluding carboxylic acids is 1. The Morgan fingerprint density at radius 3 is 3.10 bits per heavy atom. The van der Waals surface area contributed by atoms with E-state index in [1.807, 2.05) is 6.07 Å². The van der Waals surface area contributed by atoms with Crippen molar-refractivity contribution in [3.05, 3.63) is 22.6 Å². The minimum atomic E-state index is -0.213. The summed E-state index contributed by atoms with van der Waals surface area (Å²) in [7, 11) is 0. The Bertz CT molecular complexity index is 655. The summed E-state index contributed by atoms with van der Waals surface area (Å²) >= 11 is 3.39. The van der Waals surface area contributed by atoms with Gasteiger partial charge in [0.1, 0.15) is 5.82 Å². The molecule has 20 heavy (non-hydrogen) atoms. The molecule has 1 aliphatic heterocycles. The number of amides is 1. The third kappa shape index (κ3) is 2.55. The SMILES string of the molecule is C[C@@H]1CN(Cc2nc3ncc(Br)cc3[nH]2)C[C@H]1C(N)=O. The molecule has 3 N–H and O–H groups in total. The third-order valence-corrected chi connectivity index (χ3v) is 4.21. The molecule has 1 saturated heterocycles. The number of aromatic nitrogens is 3. The Hall–Kier alpha value is -1.47. The number of carbonyl (C=O) groups is 1. The van der Waals surface area contributed by atoms with Crippen LogP contribution in [-0.2, 0) is 11.3 Å². The molecule has 0 bridgehead atoms. The summed E-state index contributed by atoms with van der Waals surface area (Å²) in [5.74, 6) is 0.883. The first-order chi connectivity index (χ1) is 9.52. The van der Waals surface area contributed by atoms with Crippen LogP contribution in [0.4, 0.5) is 0 Å². The summed E-state index contributed by atoms with van der Waals surface area (Å²) in [6.45, 7) is 4.31. The number of nitrogens with one attached hydrogen (secondary N) is 1. The fraction of sp³-hybridized carbons (Fsp3) is 0.462. The molecule has 0 aromatic carbocycles. The summed E-state index contributed by atoms with van der Waals surface area (Å²) < 4.78 is 0.920. The highest BCUT2D eigenvalue weighted by Crippen LogP contribution is 2.24. The average Bonchev–Trinajstić information content (AvgIpc) is 2.92. The number of hydrogen-bond donors (Lipinski definition) is 2. The molecule has 3 heterocycles. The van der Waals surface area contributed by atoms with Gasteiger partial charge in [0.25, 0.3) is 0 Å². The predicted molar refractivity (Wildman–Crippen MR) is 78.7 cm³/mol. The van der Waals surface area contributed by atoms with E-state index in [-0.39, 0.29) is 11.8 Å². The number of imidazole rings is 1. The summed E-state index contributed by atoms with van der Waals surface area (Å²) in [6, 6.07) is 1.96. The van der Waals surface area contributed by atoms with E-state index in [9.17, 15) is 4.79 Å². The van der Waals surface area contributed by atoms with E-state index in [4.69, 9.17) is 5.73 Å². The molecule has 0 radical (unpaired) electrons. The lowest BCUT2D eigenvalue weighted by atomic mass is 9.98. The van der Waals surface area contributed by atoms with Gasteiger partial charge in [-0.25, -0.2) is 9.97 Å². The van der Waals surface area contributed by atoms with E-state index < -0.39 is 0 Å². The summed E-state index contributed by atoms with van der Waals surface area (Å²) in [5, 5.41) is 0. The highest BCUT2D eigenvalue weighted by molar-refractivity contribution is 9.10. The number of nitrogens with two attached hydrogens (primary N) is 1. The Balaban J connectivity index is 1.75. The summed E-state index contributed by atoms with van der Waals surface area (Å²) in [5.41, 5.74) is 7.04. The topological polar surface area (TPSA) is 87.9 Å². The van der Waals surface area contributed by atoms with E-state index in [0.29, 0.717) is 24.7 Å². The maximum atomic E-state index is 11.3. The van der Waals surface area contributed by atoms with Gasteiger partial charge >= 0.3 is 0 Å². The van der Waals surface area contributed by atoms with Gasteiger partial charge in [0, 0.05) is 23.8 Å². The van der Waals surface area contributed by atoms with Crippen molar-refractivity contribution in [2.75, 3.05) is 13.1 Å². The first kappa shape index (κ1) is 13.5. The summed E-state index contributed by atoms with van der Waals surface area (Å²) in [4.78, 5) is 25.5. The Kier molecular flexibility index (Phi) is 3.47. The van der Waals surface area contributed by atoms with Crippen molar-refractivity contribution in [2.24, 2.45) is 17.6 Å². The monoisotopic (exact) mass is 337 g/mol. The highest BCUT2D eigenvalue weighted by Gasteiger charge is 2.33. The average molecular weight is 338 g/mol. The van der Waals surface area contributed by atoms with Crippen molar-refractivity contribution < 1.29 is 4.79 Å². The van der Waals surface area contributed by atoms with Crippen LogP contribution in [0.2, 0.25) is 0 Å². The number of H-pyrrole nitrogens is 1. The molecular weight excluding hydrogens is 322 g/mol. The number of fused-ring (bicyclic) bond motifs is 1. The van der Waals surface area contributed by atoms with Crippen LogP contribution in [-0.4, -0.2) is 38.8 Å². The molecule has 2 aromatic rings. The van der Waals surface area contributed by atoms with E-state index >= 15 is 0 Å². The predicted octanol–water partition coefficient (Wildman–Crippen LogP) is 1.27. The zero-order valence-electron chi connectivity index (χ0n) is 11.1. The lowest BCUT2D eigenvalue weighted by molar-refractivity contribution is -0.122. The Morgan fingerprint density at radius 1 is 1.60 bits per heavy atom. The number of hydrogen-bond acceptors (Lipinski definition) is 4. The molecule has 1 aliphatic rings. The maximum absolute atomic E-state index is 11.3. The quantitative estimate of drug-likeness (QED) is 0.882. The van der Waals surface area contributed by atoms with E-state index in [1.54, 1.807) is 6.20 Å². The van der Waals surface area contributed by atoms with Gasteiger partial charge in [-0.15, -0.1) is 0 Å². The number of likely N-dealkylation sites (tertiary alicyclic amines) is 1. The second-order valence-corrected chi connectivity index (χ2v) is 6.30. The normalized spacial score (nSPS) is 23.5. The van der Waals surface area contributed by atoms with Gasteiger partial charge < -0.3 is 10.7 Å². The molecule has 7 heteroatoms. The van der Waals surface area contributed by atoms with Crippen LogP contribution in [0.3, 0.4) is 0 Å². The molecule has 2 aromatic heterocycles. The van der Waals surface area contributed by atoms with Gasteiger partial charge in [-0.2, -0.15) is 0 Å². The first-order valence-electron chi connectivity index (χ1n) is 6.54. The van der Waals surface area contributed by atoms with Crippen LogP contribution in [0.5, 0.6) is 0 Å². The van der Waals surface area contributed by atoms with Crippen molar-refractivity contribution in [3.8, 4) is 0 Å². The van der Waals surface area contributed by atoms with Gasteiger partial charge in [-0.05, 0) is 27.9 Å². The van der Waals surface area contributed by atoms with E-state index in [1.165, 1.54) is 0 Å². The molecule has 0 spiro atoms. The largest absolute Gasteiger partial charge is 0.369 e. The third-order valence-electron chi connectivity index (χ3n) is 3.78. The van der Waals surface area contributed by atoms with Crippen LogP contribution in [0.15, 0.2) is 16.7 Å². The van der Waals surface area contributed by atoms with E-state index in [2.05, 4.69) is 42.7 Å². The van der Waals surface area contributed by atoms with Crippen LogP contribution in [0, 0.1) is 11.8 Å². The molecular formula is C13H16BrN5O. The molecule has 0 aliphatic carbocycles. The van der Waals surface area contributed by atoms with Crippen molar-refractivity contribution in [3.63, 3.8) is 0 Å². The molecule has 1 amide bonds. The molecule has 0 saturated carbocycles. The standard InChI is InChI=1S/C13H16BrN5O/c1-7-4-19(5-9(7)12(15)20)6-11-17-10-2-8(14)3-16-13(10)18-11/h2-3,7,9H,4-6H2,1H3,(H2,15,20)(H,16,17,18)/t7-,9-/m1/s1. The number of nitrogens with zero attached hydrogens (tertiary/aromatic N) is 3. The summed E-state index contributed by atoms with van der Waals surface area (Å²) in [6.07, 6.45) is 1.73. The zero-order chi connectivity index (χ0) is 14.3. The van der Waals surface area contributed by atoms with Gasteiger partial charge in [-0.3, -0.25) is 9.69 Å². The number of pyridine rings is 1. The maximum Gasteiger partial charge on any atom is 0.222 e. The minimum absolute atomic E-state index is 0.0633. The van der Waals surface area contributed by atoms with Crippen LogP contribution < -0.4 is 5.73 Å². The van der Waals surface area contributed by atoms with Crippen molar-refractivity contribution in [1.82, 2.24) is 19.9 Å². The number of halogens is 1. The fourth-order valence-corrected chi connectivity index (χ4v) is 3.11. The van der Waals surface area contributed by atoms with E-state index in [0.717, 1.165) is 22.4 Å². The minimum Gasteiger partial charge on any atom is -0.369 e. The smallest absolute Gasteiger partial charge is 0.222 e. The number of rotatable bonds is 3. The van der Waals surface area contributed by atoms with Gasteiger partial charge in [0.15, 0.2) is 5.65 Å². The van der Waals surface area contributed by atoms with Crippen molar-refractivity contribution >= 4 is 33.0 Å². The van der Waals surface area contributed by atoms with Gasteiger partial charge in [0.2, 0.25) is 5.91 Å². The molecule has 2 atom stereocenters. The van der Waals surface area contributed by atoms with Gasteiger partial charge in [0.05, 0.1) is 18.0 Å². The first-order valence-corrected chi connectivity index (χ1v) is 7.34. The number of primary amides is 1. The molecule has 1 fully saturated rings. The Morgan fingerprint density at radius 2 is 2.40 bits per heavy atom. The van der Waals surface area contributed by atoms with Crippen molar-refractivity contribution in [2.45, 2.75) is 13.5 Å². The lowest BCUT2D eigenvalue weighted by Gasteiger charge is -2.12. The molecule has 6 nitrogen and oxygen atoms in total. The second-order valence-electron chi connectivity index (χ2n) is 5.39. The lowest BCUT2D eigenvalue weighted by Crippen LogP contribution is -2.29. The molecule has 0 unspecified atom stereocenters. The number of aromatic amines is 1. The molecule has 106 valence electrons. The zero-order valence-corrected chi connectivity index (χ0v) is 12.7. The van der Waals surface area contributed by atoms with Gasteiger partial charge in [-0.1, -0.05) is 6.92 Å². The van der Waals surface area contributed by atoms with Crippen molar-refractivity contribution in [1.29, 1.82) is 0 Å². The second kappa shape index (κ2) is 5.14. The van der Waals surface area contributed by atoms with Crippen LogP contribution >= 0.6 is 15.9 Å². The Labute approximate surface area is 124 Å². The highest BCUT2D eigenvalue weighted by atomic mass is 79.9. The van der Waals surface area contributed by atoms with Crippen LogP contribution in [0.1, 0.15) is 12.7 Å². The molecule has 3 rings (SSSR count). The fourth-order valence-electron chi connectivity index (χ4n) is 2.78. The van der Waals surface area contributed by atoms with Crippen LogP contribution in [0.25, 0.3) is 11.2 Å².